The van der Waals surface area contributed by atoms with Gasteiger partial charge in [-0.3, -0.25) is 25.0 Å². The van der Waals surface area contributed by atoms with Crippen molar-refractivity contribution in [1.29, 1.82) is 0 Å². The summed E-state index contributed by atoms with van der Waals surface area (Å²) in [6.07, 6.45) is 1.15. The minimum atomic E-state index is -0.752. The normalized spacial score (nSPS) is 11.1. The van der Waals surface area contributed by atoms with Crippen molar-refractivity contribution in [1.82, 2.24) is 9.66 Å². The molecule has 0 radical (unpaired) electrons. The zero-order valence-electron chi connectivity index (χ0n) is 17.3. The average molecular weight is 461 g/mol. The zero-order chi connectivity index (χ0) is 24.2. The first-order valence-electron chi connectivity index (χ1n) is 9.76. The first-order valence-corrected chi connectivity index (χ1v) is 9.76. The van der Waals surface area contributed by atoms with E-state index in [-0.39, 0.29) is 34.7 Å². The van der Waals surface area contributed by atoms with E-state index in [9.17, 15) is 29.8 Å². The van der Waals surface area contributed by atoms with Crippen LogP contribution in [0.15, 0.2) is 81.4 Å². The van der Waals surface area contributed by atoms with Crippen LogP contribution in [-0.4, -0.2) is 25.7 Å². The Balaban J connectivity index is 1.58. The number of ether oxygens (including phenoxy) is 1. The quantitative estimate of drug-likeness (QED) is 0.251. The molecule has 1 aromatic heterocycles. The van der Waals surface area contributed by atoms with Crippen LogP contribution in [0, 0.1) is 20.2 Å². The number of H-pyrrole nitrogens is 1. The molecule has 0 fully saturated rings. The van der Waals surface area contributed by atoms with Crippen molar-refractivity contribution < 1.29 is 14.6 Å². The van der Waals surface area contributed by atoms with E-state index in [1.54, 1.807) is 24.3 Å². The summed E-state index contributed by atoms with van der Waals surface area (Å²) in [5, 5.41) is 26.4. The second kappa shape index (κ2) is 9.16. The minimum absolute atomic E-state index is 0.0266. The molecule has 0 unspecified atom stereocenters. The Morgan fingerprint density at radius 3 is 2.41 bits per heavy atom. The van der Waals surface area contributed by atoms with Crippen LogP contribution >= 0.6 is 0 Å². The first kappa shape index (κ1) is 22.1. The van der Waals surface area contributed by atoms with Gasteiger partial charge in [-0.25, -0.2) is 4.79 Å². The largest absolute Gasteiger partial charge is 0.482 e. The molecule has 0 spiro atoms. The number of nitro benzene ring substituents is 2. The van der Waals surface area contributed by atoms with E-state index < -0.39 is 21.1 Å². The highest BCUT2D eigenvalue weighted by Gasteiger charge is 2.16. The lowest BCUT2D eigenvalue weighted by atomic mass is 10.2. The van der Waals surface area contributed by atoms with Gasteiger partial charge in [0.05, 0.1) is 27.0 Å². The smallest absolute Gasteiger partial charge is 0.349 e. The Bertz CT molecular complexity index is 1550. The Kier molecular flexibility index (Phi) is 5.95. The maximum atomic E-state index is 12.5. The summed E-state index contributed by atoms with van der Waals surface area (Å²) in [5.74, 6) is -0.0266. The standard InChI is InChI=1S/C22H15N5O7/c28-21-17-3-1-2-4-18(17)24-22(29)25(21)23-12-15-7-10-20(19(11-15)27(32)33)34-13-14-5-8-16(9-6-14)26(30)31/h1-12H,13H2,(H,24,29). The average Bonchev–Trinajstić information content (AvgIpc) is 2.83. The fourth-order valence-corrected chi connectivity index (χ4v) is 3.14. The molecule has 1 heterocycles. The van der Waals surface area contributed by atoms with E-state index in [1.807, 2.05) is 0 Å². The molecule has 12 nitrogen and oxygen atoms in total. The number of nitrogens with one attached hydrogen (secondary N) is 1. The van der Waals surface area contributed by atoms with Gasteiger partial charge in [-0.05, 0) is 42.0 Å². The second-order valence-corrected chi connectivity index (χ2v) is 7.03. The highest BCUT2D eigenvalue weighted by Crippen LogP contribution is 2.28. The van der Waals surface area contributed by atoms with Crippen molar-refractivity contribution in [3.63, 3.8) is 0 Å². The molecule has 3 aromatic carbocycles. The third-order valence-electron chi connectivity index (χ3n) is 4.83. The molecular formula is C22H15N5O7. The highest BCUT2D eigenvalue weighted by atomic mass is 16.6. The van der Waals surface area contributed by atoms with Gasteiger partial charge in [0.15, 0.2) is 5.75 Å². The van der Waals surface area contributed by atoms with Gasteiger partial charge < -0.3 is 9.72 Å². The summed E-state index contributed by atoms with van der Waals surface area (Å²) < 4.78 is 6.15. The third-order valence-corrected chi connectivity index (χ3v) is 4.83. The molecule has 0 saturated heterocycles. The van der Waals surface area contributed by atoms with E-state index in [2.05, 4.69) is 10.1 Å². The van der Waals surface area contributed by atoms with Crippen molar-refractivity contribution >= 4 is 28.5 Å². The van der Waals surface area contributed by atoms with Gasteiger partial charge in [0.2, 0.25) is 0 Å². The summed E-state index contributed by atoms with van der Waals surface area (Å²) >= 11 is 0. The van der Waals surface area contributed by atoms with Gasteiger partial charge in [-0.15, -0.1) is 4.68 Å². The maximum Gasteiger partial charge on any atom is 0.349 e. The van der Waals surface area contributed by atoms with Crippen LogP contribution in [0.1, 0.15) is 11.1 Å². The monoisotopic (exact) mass is 461 g/mol. The molecule has 170 valence electrons. The van der Waals surface area contributed by atoms with Crippen molar-refractivity contribution in [2.24, 2.45) is 5.10 Å². The molecule has 12 heteroatoms. The van der Waals surface area contributed by atoms with Gasteiger partial charge in [0.1, 0.15) is 6.61 Å². The molecule has 0 bridgehead atoms. The van der Waals surface area contributed by atoms with Gasteiger partial charge >= 0.3 is 11.4 Å². The van der Waals surface area contributed by atoms with Gasteiger partial charge in [-0.2, -0.15) is 5.10 Å². The molecule has 0 saturated carbocycles. The highest BCUT2D eigenvalue weighted by molar-refractivity contribution is 5.82. The van der Waals surface area contributed by atoms with Crippen LogP contribution in [0.25, 0.3) is 10.9 Å². The first-order chi connectivity index (χ1) is 16.3. The third kappa shape index (κ3) is 4.55. The summed E-state index contributed by atoms with van der Waals surface area (Å²) in [5.41, 5.74) is -0.609. The van der Waals surface area contributed by atoms with E-state index in [4.69, 9.17) is 4.74 Å². The van der Waals surface area contributed by atoms with Crippen LogP contribution in [0.4, 0.5) is 11.4 Å². The molecule has 0 aliphatic carbocycles. The fraction of sp³-hybridized carbons (Fsp3) is 0.0455. The molecule has 0 atom stereocenters. The molecule has 0 aliphatic heterocycles. The summed E-state index contributed by atoms with van der Waals surface area (Å²) in [6.45, 7) is -0.0475. The number of fused-ring (bicyclic) bond motifs is 1. The molecule has 34 heavy (non-hydrogen) atoms. The van der Waals surface area contributed by atoms with E-state index in [0.29, 0.717) is 15.8 Å². The van der Waals surface area contributed by atoms with Crippen molar-refractivity contribution in [3.8, 4) is 5.75 Å². The van der Waals surface area contributed by atoms with E-state index in [0.717, 1.165) is 6.21 Å². The molecule has 1 N–H and O–H groups in total. The predicted molar refractivity (Wildman–Crippen MR) is 122 cm³/mol. The van der Waals surface area contributed by atoms with Crippen molar-refractivity contribution in [2.75, 3.05) is 0 Å². The number of rotatable bonds is 7. The Hall–Kier alpha value is -5.13. The summed E-state index contributed by atoms with van der Waals surface area (Å²) in [6, 6.07) is 16.1. The number of hydrogen-bond donors (Lipinski definition) is 1. The summed E-state index contributed by atoms with van der Waals surface area (Å²) in [7, 11) is 0. The van der Waals surface area contributed by atoms with E-state index in [1.165, 1.54) is 42.5 Å². The molecule has 0 aliphatic rings. The fourth-order valence-electron chi connectivity index (χ4n) is 3.14. The Morgan fingerprint density at radius 2 is 1.71 bits per heavy atom. The van der Waals surface area contributed by atoms with Crippen molar-refractivity contribution in [2.45, 2.75) is 6.61 Å². The van der Waals surface area contributed by atoms with Crippen LogP contribution in [0.3, 0.4) is 0 Å². The molecule has 4 rings (SSSR count). The summed E-state index contributed by atoms with van der Waals surface area (Å²) in [4.78, 5) is 48.4. The predicted octanol–water partition coefficient (Wildman–Crippen LogP) is 2.97. The van der Waals surface area contributed by atoms with Crippen molar-refractivity contribution in [3.05, 3.63) is 119 Å². The lowest BCUT2D eigenvalue weighted by molar-refractivity contribution is -0.386. The number of aromatic nitrogens is 2. The topological polar surface area (TPSA) is 163 Å². The number of non-ortho nitro benzene ring substituents is 1. The Labute approximate surface area is 189 Å². The lowest BCUT2D eigenvalue weighted by Gasteiger charge is -2.07. The number of benzene rings is 3. The van der Waals surface area contributed by atoms with Gasteiger partial charge in [0.25, 0.3) is 11.2 Å². The minimum Gasteiger partial charge on any atom is -0.482 e. The molecular weight excluding hydrogens is 446 g/mol. The number of hydrogen-bond acceptors (Lipinski definition) is 8. The zero-order valence-corrected chi connectivity index (χ0v) is 17.3. The maximum absolute atomic E-state index is 12.5. The Morgan fingerprint density at radius 1 is 0.971 bits per heavy atom. The SMILES string of the molecule is O=c1[nH]c2ccccc2c(=O)n1N=Cc1ccc(OCc2ccc([N+](=O)[O-])cc2)c([N+](=O)[O-])c1. The lowest BCUT2D eigenvalue weighted by Crippen LogP contribution is -2.32. The molecule has 0 amide bonds. The number of nitro groups is 2. The van der Waals surface area contributed by atoms with E-state index >= 15 is 0 Å². The van der Waals surface area contributed by atoms with Gasteiger partial charge in [-0.1, -0.05) is 12.1 Å². The number of para-hydroxylation sites is 1. The van der Waals surface area contributed by atoms with Crippen LogP contribution < -0.4 is 16.0 Å². The van der Waals surface area contributed by atoms with Crippen LogP contribution in [0.5, 0.6) is 5.75 Å². The van der Waals surface area contributed by atoms with Crippen LogP contribution in [-0.2, 0) is 6.61 Å². The number of aromatic amines is 1. The molecule has 4 aromatic rings. The second-order valence-electron chi connectivity index (χ2n) is 7.03. The van der Waals surface area contributed by atoms with Gasteiger partial charge in [0, 0.05) is 23.8 Å². The van der Waals surface area contributed by atoms with Crippen LogP contribution in [0.2, 0.25) is 0 Å². The number of nitrogens with zero attached hydrogens (tertiary/aromatic N) is 4.